The van der Waals surface area contributed by atoms with Gasteiger partial charge in [0.05, 0.1) is 0 Å². The average Bonchev–Trinajstić information content (AvgIpc) is 2.15. The van der Waals surface area contributed by atoms with Crippen LogP contribution in [0.4, 0.5) is 0 Å². The molecule has 0 aromatic rings. The van der Waals surface area contributed by atoms with E-state index in [1.165, 1.54) is 0 Å². The molecule has 1 unspecified atom stereocenters. The SMILES string of the molecule is CC1=[C]([Zr])C(C)C=C1C(C)(C)C.Cl.Cl. The molecule has 0 saturated carbocycles. The Morgan fingerprint density at radius 2 is 1.64 bits per heavy atom. The largest absolute Gasteiger partial charge is 0.147 e. The molecule has 0 N–H and O–H groups in total. The zero-order valence-corrected chi connectivity index (χ0v) is 13.6. The molecule has 0 bridgehead atoms. The van der Waals surface area contributed by atoms with Crippen LogP contribution < -0.4 is 0 Å². The van der Waals surface area contributed by atoms with Crippen molar-refractivity contribution >= 4 is 24.8 Å². The Balaban J connectivity index is 0. The zero-order chi connectivity index (χ0) is 9.52. The van der Waals surface area contributed by atoms with Gasteiger partial charge < -0.3 is 0 Å². The smallest absolute Gasteiger partial charge is 0.147 e. The Morgan fingerprint density at radius 1 is 1.21 bits per heavy atom. The summed E-state index contributed by atoms with van der Waals surface area (Å²) in [5.41, 5.74) is 3.44. The summed E-state index contributed by atoms with van der Waals surface area (Å²) in [6.45, 7) is 11.5. The third-order valence-electron chi connectivity index (χ3n) is 2.49. The number of hydrogen-bond acceptors (Lipinski definition) is 0. The van der Waals surface area contributed by atoms with E-state index in [1.54, 1.807) is 39.1 Å². The first-order valence-electron chi connectivity index (χ1n) is 4.49. The van der Waals surface area contributed by atoms with E-state index in [4.69, 9.17) is 0 Å². The second-order valence-corrected chi connectivity index (χ2v) is 5.98. The molecule has 0 heterocycles. The Labute approximate surface area is 115 Å². The van der Waals surface area contributed by atoms with Crippen LogP contribution >= 0.6 is 24.8 Å². The van der Waals surface area contributed by atoms with Crippen molar-refractivity contribution in [2.45, 2.75) is 34.6 Å². The van der Waals surface area contributed by atoms with Crippen LogP contribution in [0.1, 0.15) is 34.6 Å². The summed E-state index contributed by atoms with van der Waals surface area (Å²) in [6.07, 6.45) is 2.43. The monoisotopic (exact) mass is 311 g/mol. The minimum Gasteiger partial charge on any atom is -0.147 e. The fourth-order valence-electron chi connectivity index (χ4n) is 1.76. The van der Waals surface area contributed by atoms with Gasteiger partial charge in [0.25, 0.3) is 0 Å². The van der Waals surface area contributed by atoms with Crippen molar-refractivity contribution in [1.29, 1.82) is 0 Å². The molecular weight excluding hydrogens is 294 g/mol. The fraction of sp³-hybridized carbons (Fsp3) is 0.636. The number of rotatable bonds is 0. The maximum absolute atomic E-state index is 2.43. The third kappa shape index (κ3) is 3.51. The molecule has 0 aromatic carbocycles. The van der Waals surface area contributed by atoms with E-state index >= 15 is 0 Å². The standard InChI is InChI=1S/C11H17.2ClH.Zr/c1-8-6-9(2)10(7-8)11(3,4)5;;;/h7-8H,1-5H3;2*1H;. The van der Waals surface area contributed by atoms with Crippen molar-refractivity contribution in [3.8, 4) is 0 Å². The zero-order valence-electron chi connectivity index (χ0n) is 9.47. The molecule has 0 spiro atoms. The normalized spacial score (nSPS) is 21.1. The molecule has 1 aliphatic carbocycles. The topological polar surface area (TPSA) is 0 Å². The molecular formula is C11H19Cl2Zr. The molecule has 1 aliphatic rings. The quantitative estimate of drug-likeness (QED) is 0.626. The van der Waals surface area contributed by atoms with Gasteiger partial charge in [-0.3, -0.25) is 0 Å². The molecule has 0 nitrogen and oxygen atoms in total. The molecule has 0 radical (unpaired) electrons. The summed E-state index contributed by atoms with van der Waals surface area (Å²) in [5, 5.41) is 0. The molecule has 14 heavy (non-hydrogen) atoms. The Kier molecular flexibility index (Phi) is 7.27. The number of hydrogen-bond donors (Lipinski definition) is 0. The van der Waals surface area contributed by atoms with Gasteiger partial charge in [-0.25, -0.2) is 0 Å². The van der Waals surface area contributed by atoms with E-state index in [9.17, 15) is 0 Å². The molecule has 0 aromatic heterocycles. The van der Waals surface area contributed by atoms with Gasteiger partial charge in [-0.15, -0.1) is 24.8 Å². The van der Waals surface area contributed by atoms with Gasteiger partial charge in [-0.2, -0.15) is 0 Å². The van der Waals surface area contributed by atoms with Gasteiger partial charge in [0.1, 0.15) is 0 Å². The Morgan fingerprint density at radius 3 is 1.79 bits per heavy atom. The van der Waals surface area contributed by atoms with E-state index in [-0.39, 0.29) is 24.8 Å². The average molecular weight is 313 g/mol. The molecule has 1 atom stereocenters. The first-order chi connectivity index (χ1) is 5.34. The van der Waals surface area contributed by atoms with Gasteiger partial charge in [-0.05, 0) is 0 Å². The van der Waals surface area contributed by atoms with Crippen molar-refractivity contribution in [1.82, 2.24) is 0 Å². The van der Waals surface area contributed by atoms with Gasteiger partial charge in [0, 0.05) is 0 Å². The molecule has 3 heteroatoms. The van der Waals surface area contributed by atoms with Gasteiger partial charge in [-0.1, -0.05) is 0 Å². The van der Waals surface area contributed by atoms with E-state index in [2.05, 4.69) is 40.7 Å². The van der Waals surface area contributed by atoms with Crippen LogP contribution in [0, 0.1) is 11.3 Å². The van der Waals surface area contributed by atoms with Gasteiger partial charge in [0.15, 0.2) is 0 Å². The van der Waals surface area contributed by atoms with Crippen LogP contribution in [0.25, 0.3) is 0 Å². The van der Waals surface area contributed by atoms with E-state index in [0.29, 0.717) is 11.3 Å². The van der Waals surface area contributed by atoms with Crippen LogP contribution in [0.3, 0.4) is 0 Å². The van der Waals surface area contributed by atoms with E-state index in [0.717, 1.165) is 0 Å². The Bertz CT molecular complexity index is 259. The second kappa shape index (κ2) is 5.87. The first-order valence-corrected chi connectivity index (χ1v) is 5.72. The maximum Gasteiger partial charge on any atom is -0.147 e. The maximum atomic E-state index is 2.43. The number of halogens is 2. The second-order valence-electron chi connectivity index (χ2n) is 4.66. The van der Waals surface area contributed by atoms with Crippen LogP contribution in [0.15, 0.2) is 20.5 Å². The van der Waals surface area contributed by atoms with Crippen molar-refractivity contribution in [2.24, 2.45) is 11.3 Å². The molecule has 81 valence electrons. The first kappa shape index (κ1) is 17.3. The summed E-state index contributed by atoms with van der Waals surface area (Å²) in [7, 11) is 0. The molecule has 0 aliphatic heterocycles. The minimum absolute atomic E-state index is 0. The molecule has 0 amide bonds. The van der Waals surface area contributed by atoms with Crippen molar-refractivity contribution < 1.29 is 24.7 Å². The van der Waals surface area contributed by atoms with Crippen molar-refractivity contribution in [3.05, 3.63) is 20.5 Å². The van der Waals surface area contributed by atoms with E-state index in [1.807, 2.05) is 0 Å². The third-order valence-corrected chi connectivity index (χ3v) is 4.53. The predicted octanol–water partition coefficient (Wildman–Crippen LogP) is 4.27. The summed E-state index contributed by atoms with van der Waals surface area (Å²) >= 11 is 1.58. The van der Waals surface area contributed by atoms with Crippen LogP contribution in [-0.2, 0) is 24.7 Å². The molecule has 0 saturated heterocycles. The van der Waals surface area contributed by atoms with Gasteiger partial charge >= 0.3 is 91.2 Å². The summed E-state index contributed by atoms with van der Waals surface area (Å²) in [4.78, 5) is 0. The summed E-state index contributed by atoms with van der Waals surface area (Å²) in [5.74, 6) is 0.692. The van der Waals surface area contributed by atoms with Crippen molar-refractivity contribution in [3.63, 3.8) is 0 Å². The van der Waals surface area contributed by atoms with Crippen LogP contribution in [-0.4, -0.2) is 0 Å². The van der Waals surface area contributed by atoms with Crippen molar-refractivity contribution in [2.75, 3.05) is 0 Å². The summed E-state index contributed by atoms with van der Waals surface area (Å²) < 4.78 is 1.63. The Hall–Kier alpha value is 0.943. The van der Waals surface area contributed by atoms with Crippen LogP contribution in [0.5, 0.6) is 0 Å². The molecule has 1 rings (SSSR count). The van der Waals surface area contributed by atoms with Crippen LogP contribution in [0.2, 0.25) is 0 Å². The predicted molar refractivity (Wildman–Crippen MR) is 63.9 cm³/mol. The fourth-order valence-corrected chi connectivity index (χ4v) is 2.29. The van der Waals surface area contributed by atoms with E-state index < -0.39 is 0 Å². The minimum atomic E-state index is 0. The number of allylic oxidation sites excluding steroid dienone is 4. The molecule has 0 fully saturated rings. The summed E-state index contributed by atoms with van der Waals surface area (Å²) in [6, 6.07) is 0. The van der Waals surface area contributed by atoms with Gasteiger partial charge in [0.2, 0.25) is 0 Å².